The van der Waals surface area contributed by atoms with E-state index >= 15 is 0 Å². The smallest absolute Gasteiger partial charge is 0.163 e. The number of methoxy groups -OCH3 is 1. The summed E-state index contributed by atoms with van der Waals surface area (Å²) in [4.78, 5) is 0. The summed E-state index contributed by atoms with van der Waals surface area (Å²) >= 11 is 3.52. The zero-order valence-corrected chi connectivity index (χ0v) is 15.0. The van der Waals surface area contributed by atoms with E-state index in [1.54, 1.807) is 19.2 Å². The lowest BCUT2D eigenvalue weighted by Gasteiger charge is -2.27. The molecule has 0 N–H and O–H groups in total. The Labute approximate surface area is 135 Å². The van der Waals surface area contributed by atoms with Crippen molar-refractivity contribution in [1.29, 1.82) is 0 Å². The lowest BCUT2D eigenvalue weighted by Crippen LogP contribution is -2.25. The fourth-order valence-corrected chi connectivity index (χ4v) is 2.94. The Kier molecular flexibility index (Phi) is 7.57. The fourth-order valence-electron chi connectivity index (χ4n) is 2.48. The molecule has 21 heavy (non-hydrogen) atoms. The first-order valence-electron chi connectivity index (χ1n) is 7.25. The van der Waals surface area contributed by atoms with Crippen molar-refractivity contribution in [3.8, 4) is 0 Å². The number of halogens is 2. The van der Waals surface area contributed by atoms with Crippen LogP contribution in [0.15, 0.2) is 28.2 Å². The zero-order chi connectivity index (χ0) is 16.0. The topological polar surface area (TPSA) is 18.5 Å². The molecule has 0 amide bonds. The summed E-state index contributed by atoms with van der Waals surface area (Å²) in [5.74, 6) is -0.236. The van der Waals surface area contributed by atoms with Gasteiger partial charge in [0.15, 0.2) is 6.29 Å². The largest absolute Gasteiger partial charge is 0.355 e. The number of ether oxygens (including phenoxy) is 2. The van der Waals surface area contributed by atoms with E-state index in [4.69, 9.17) is 9.47 Å². The van der Waals surface area contributed by atoms with Gasteiger partial charge in [0, 0.05) is 24.1 Å². The van der Waals surface area contributed by atoms with Gasteiger partial charge in [-0.25, -0.2) is 4.39 Å². The van der Waals surface area contributed by atoms with Gasteiger partial charge in [-0.3, -0.25) is 0 Å². The number of hydrogen-bond acceptors (Lipinski definition) is 2. The molecule has 0 aliphatic rings. The van der Waals surface area contributed by atoms with Gasteiger partial charge in [-0.2, -0.15) is 0 Å². The number of rotatable bonds is 7. The van der Waals surface area contributed by atoms with E-state index in [2.05, 4.69) is 36.7 Å². The van der Waals surface area contributed by atoms with Crippen LogP contribution in [0.5, 0.6) is 0 Å². The van der Waals surface area contributed by atoms with Crippen molar-refractivity contribution in [1.82, 2.24) is 0 Å². The Morgan fingerprint density at radius 3 is 2.52 bits per heavy atom. The molecule has 0 radical (unpaired) electrons. The minimum Gasteiger partial charge on any atom is -0.355 e. The third-order valence-electron chi connectivity index (χ3n) is 3.64. The zero-order valence-electron chi connectivity index (χ0n) is 13.4. The number of hydrogen-bond donors (Lipinski definition) is 0. The van der Waals surface area contributed by atoms with Crippen molar-refractivity contribution >= 4 is 21.5 Å². The summed E-state index contributed by atoms with van der Waals surface area (Å²) in [7, 11) is 1.64. The SMILES string of the molecule is CCOC(OC)C(C)/C(=C(\C)CC)c1cc(F)ccc1Br. The van der Waals surface area contributed by atoms with Crippen molar-refractivity contribution in [3.63, 3.8) is 0 Å². The van der Waals surface area contributed by atoms with Crippen LogP contribution < -0.4 is 0 Å². The van der Waals surface area contributed by atoms with Gasteiger partial charge in [-0.1, -0.05) is 35.4 Å². The molecule has 1 aromatic rings. The molecule has 2 unspecified atom stereocenters. The lowest BCUT2D eigenvalue weighted by molar-refractivity contribution is -0.137. The minimum absolute atomic E-state index is 0.00741. The maximum Gasteiger partial charge on any atom is 0.163 e. The molecule has 0 heterocycles. The second kappa shape index (κ2) is 8.66. The summed E-state index contributed by atoms with van der Waals surface area (Å²) in [5.41, 5.74) is 3.14. The molecule has 2 atom stereocenters. The molecular weight excluding hydrogens is 335 g/mol. The van der Waals surface area contributed by atoms with Gasteiger partial charge < -0.3 is 9.47 Å². The maximum absolute atomic E-state index is 13.7. The first-order chi connectivity index (χ1) is 9.96. The predicted octanol–water partition coefficient (Wildman–Crippen LogP) is 5.42. The average Bonchev–Trinajstić information content (AvgIpc) is 2.48. The van der Waals surface area contributed by atoms with Crippen molar-refractivity contribution in [2.24, 2.45) is 5.92 Å². The van der Waals surface area contributed by atoms with Gasteiger partial charge in [0.25, 0.3) is 0 Å². The van der Waals surface area contributed by atoms with E-state index in [1.807, 2.05) is 6.92 Å². The van der Waals surface area contributed by atoms with Crippen molar-refractivity contribution < 1.29 is 13.9 Å². The minimum atomic E-state index is -0.346. The molecule has 1 aromatic carbocycles. The fraction of sp³-hybridized carbons (Fsp3) is 0.529. The van der Waals surface area contributed by atoms with Crippen LogP contribution in [-0.2, 0) is 9.47 Å². The molecule has 0 bridgehead atoms. The molecule has 0 aromatic heterocycles. The summed E-state index contributed by atoms with van der Waals surface area (Å²) in [6.45, 7) is 8.73. The summed E-state index contributed by atoms with van der Waals surface area (Å²) in [6, 6.07) is 4.75. The maximum atomic E-state index is 13.7. The van der Waals surface area contributed by atoms with E-state index in [0.29, 0.717) is 6.61 Å². The van der Waals surface area contributed by atoms with Gasteiger partial charge in [0.1, 0.15) is 5.82 Å². The Balaban J connectivity index is 3.34. The highest BCUT2D eigenvalue weighted by Crippen LogP contribution is 2.36. The highest BCUT2D eigenvalue weighted by atomic mass is 79.9. The summed E-state index contributed by atoms with van der Waals surface area (Å²) in [5, 5.41) is 0. The molecule has 0 saturated carbocycles. The van der Waals surface area contributed by atoms with E-state index in [-0.39, 0.29) is 18.0 Å². The monoisotopic (exact) mass is 358 g/mol. The van der Waals surface area contributed by atoms with Crippen LogP contribution in [0.1, 0.15) is 39.7 Å². The Morgan fingerprint density at radius 1 is 1.33 bits per heavy atom. The van der Waals surface area contributed by atoms with Gasteiger partial charge >= 0.3 is 0 Å². The molecule has 0 spiro atoms. The van der Waals surface area contributed by atoms with Crippen molar-refractivity contribution in [2.75, 3.05) is 13.7 Å². The summed E-state index contributed by atoms with van der Waals surface area (Å²) < 4.78 is 25.7. The van der Waals surface area contributed by atoms with Crippen LogP contribution in [-0.4, -0.2) is 20.0 Å². The average molecular weight is 359 g/mol. The standard InChI is InChI=1S/C17H24BrFO2/c1-6-11(3)16(12(4)17(20-5)21-7-2)14-10-13(19)8-9-15(14)18/h8-10,12,17H,6-7H2,1-5H3/b16-11-. The van der Waals surface area contributed by atoms with E-state index in [0.717, 1.165) is 22.0 Å². The van der Waals surface area contributed by atoms with Crippen LogP contribution in [0.2, 0.25) is 0 Å². The first-order valence-corrected chi connectivity index (χ1v) is 8.04. The molecule has 0 aliphatic heterocycles. The van der Waals surface area contributed by atoms with E-state index in [1.165, 1.54) is 11.6 Å². The van der Waals surface area contributed by atoms with Gasteiger partial charge in [-0.05, 0) is 49.6 Å². The van der Waals surface area contributed by atoms with E-state index < -0.39 is 0 Å². The molecule has 0 aliphatic carbocycles. The molecule has 0 fully saturated rings. The van der Waals surface area contributed by atoms with E-state index in [9.17, 15) is 4.39 Å². The second-order valence-electron chi connectivity index (χ2n) is 5.02. The van der Waals surface area contributed by atoms with Crippen molar-refractivity contribution in [2.45, 2.75) is 40.4 Å². The van der Waals surface area contributed by atoms with Crippen LogP contribution in [0.3, 0.4) is 0 Å². The van der Waals surface area contributed by atoms with Gasteiger partial charge in [0.05, 0.1) is 0 Å². The Hall–Kier alpha value is -0.710. The Morgan fingerprint density at radius 2 is 2.00 bits per heavy atom. The van der Waals surface area contributed by atoms with Crippen molar-refractivity contribution in [3.05, 3.63) is 39.6 Å². The third-order valence-corrected chi connectivity index (χ3v) is 4.33. The number of benzene rings is 1. The normalized spacial score (nSPS) is 15.6. The Bertz CT molecular complexity index is 500. The molecule has 1 rings (SSSR count). The van der Waals surface area contributed by atoms with Crippen LogP contribution in [0.4, 0.5) is 4.39 Å². The van der Waals surface area contributed by atoms with Gasteiger partial charge in [0.2, 0.25) is 0 Å². The highest BCUT2D eigenvalue weighted by molar-refractivity contribution is 9.10. The quantitative estimate of drug-likeness (QED) is 0.606. The molecule has 118 valence electrons. The van der Waals surface area contributed by atoms with Crippen LogP contribution in [0.25, 0.3) is 5.57 Å². The lowest BCUT2D eigenvalue weighted by atomic mass is 9.88. The third kappa shape index (κ3) is 4.63. The molecule has 0 saturated heterocycles. The summed E-state index contributed by atoms with van der Waals surface area (Å²) in [6.07, 6.45) is 0.548. The molecule has 4 heteroatoms. The molecule has 2 nitrogen and oxygen atoms in total. The van der Waals surface area contributed by atoms with Crippen LogP contribution in [0, 0.1) is 11.7 Å². The molecular formula is C17H24BrFO2. The predicted molar refractivity (Wildman–Crippen MR) is 88.6 cm³/mol. The van der Waals surface area contributed by atoms with Gasteiger partial charge in [-0.15, -0.1) is 0 Å². The highest BCUT2D eigenvalue weighted by Gasteiger charge is 2.25. The van der Waals surface area contributed by atoms with Crippen LogP contribution >= 0.6 is 15.9 Å². The second-order valence-corrected chi connectivity index (χ2v) is 5.87. The number of allylic oxidation sites excluding steroid dienone is 1. The first kappa shape index (κ1) is 18.3.